The summed E-state index contributed by atoms with van der Waals surface area (Å²) in [6, 6.07) is 5.85. The Morgan fingerprint density at radius 1 is 1.28 bits per heavy atom. The molecule has 0 aliphatic carbocycles. The molecular weight excluding hydrogens is 486 g/mol. The van der Waals surface area contributed by atoms with Crippen molar-refractivity contribution in [1.82, 2.24) is 19.9 Å². The molecule has 0 aromatic carbocycles. The number of aromatic nitrogens is 2. The zero-order chi connectivity index (χ0) is 26.5. The van der Waals surface area contributed by atoms with E-state index < -0.39 is 45.1 Å². The lowest BCUT2D eigenvalue weighted by Crippen LogP contribution is -2.54. The van der Waals surface area contributed by atoms with Gasteiger partial charge in [-0.2, -0.15) is 9.04 Å². The minimum Gasteiger partial charge on any atom is -0.618 e. The molecular formula is C24H33N5O6S. The smallest absolute Gasteiger partial charge is 0.323 e. The maximum atomic E-state index is 13.1. The molecule has 1 fully saturated rings. The average molecular weight is 520 g/mol. The molecule has 3 heterocycles. The van der Waals surface area contributed by atoms with Gasteiger partial charge in [-0.1, -0.05) is 13.8 Å². The Kier molecular flexibility index (Phi) is 8.98. The van der Waals surface area contributed by atoms with E-state index in [1.54, 1.807) is 19.1 Å². The van der Waals surface area contributed by atoms with Gasteiger partial charge in [0.05, 0.1) is 17.7 Å². The molecule has 2 unspecified atom stereocenters. The van der Waals surface area contributed by atoms with E-state index >= 15 is 0 Å². The Balaban J connectivity index is 1.69. The van der Waals surface area contributed by atoms with Gasteiger partial charge in [-0.15, -0.1) is 0 Å². The summed E-state index contributed by atoms with van der Waals surface area (Å²) in [6.07, 6.45) is 2.40. The van der Waals surface area contributed by atoms with Crippen LogP contribution in [0.1, 0.15) is 49.2 Å². The fraction of sp³-hybridized carbons (Fsp3) is 0.500. The van der Waals surface area contributed by atoms with E-state index in [1.807, 2.05) is 13.8 Å². The van der Waals surface area contributed by atoms with Crippen LogP contribution in [0.3, 0.4) is 0 Å². The van der Waals surface area contributed by atoms with Gasteiger partial charge in [0, 0.05) is 37.1 Å². The van der Waals surface area contributed by atoms with Crippen LogP contribution in [0.15, 0.2) is 47.8 Å². The number of carbonyl (C=O) groups is 2. The number of amides is 2. The maximum Gasteiger partial charge on any atom is 0.323 e. The van der Waals surface area contributed by atoms with E-state index in [-0.39, 0.29) is 23.7 Å². The summed E-state index contributed by atoms with van der Waals surface area (Å²) in [5.41, 5.74) is 1.09. The van der Waals surface area contributed by atoms with Crippen molar-refractivity contribution in [2.75, 3.05) is 13.1 Å². The SMILES string of the molecule is Cc1ccc(C(=O)NC(CC(C)C)C(=O)NC2CCCN(S(=O)(=O)c3cccc[n+]3[O-])C[C@@H]2O)cn1. The lowest BCUT2D eigenvalue weighted by atomic mass is 10.0. The number of carbonyl (C=O) groups excluding carboxylic acids is 2. The molecule has 196 valence electrons. The second kappa shape index (κ2) is 11.8. The summed E-state index contributed by atoms with van der Waals surface area (Å²) in [7, 11) is -4.13. The monoisotopic (exact) mass is 519 g/mol. The van der Waals surface area contributed by atoms with Crippen LogP contribution in [-0.4, -0.2) is 65.9 Å². The second-order valence-corrected chi connectivity index (χ2v) is 11.3. The van der Waals surface area contributed by atoms with Crippen molar-refractivity contribution in [2.24, 2.45) is 5.92 Å². The Labute approximate surface area is 211 Å². The van der Waals surface area contributed by atoms with Gasteiger partial charge in [-0.05, 0) is 50.3 Å². The van der Waals surface area contributed by atoms with Crippen LogP contribution in [-0.2, 0) is 14.8 Å². The number of hydrogen-bond acceptors (Lipinski definition) is 7. The third kappa shape index (κ3) is 6.77. The first-order valence-corrected chi connectivity index (χ1v) is 13.3. The number of hydrogen-bond donors (Lipinski definition) is 3. The van der Waals surface area contributed by atoms with Crippen molar-refractivity contribution >= 4 is 21.8 Å². The molecule has 3 rings (SSSR count). The van der Waals surface area contributed by atoms with Crippen molar-refractivity contribution in [3.05, 3.63) is 59.2 Å². The Hall–Kier alpha value is -3.09. The lowest BCUT2D eigenvalue weighted by Gasteiger charge is -2.27. The number of aliphatic hydroxyl groups excluding tert-OH is 1. The van der Waals surface area contributed by atoms with Gasteiger partial charge in [0.15, 0.2) is 6.20 Å². The van der Waals surface area contributed by atoms with E-state index in [0.717, 1.165) is 16.2 Å². The van der Waals surface area contributed by atoms with Gasteiger partial charge in [0.2, 0.25) is 5.91 Å². The lowest BCUT2D eigenvalue weighted by molar-refractivity contribution is -0.646. The van der Waals surface area contributed by atoms with E-state index in [9.17, 15) is 28.3 Å². The summed E-state index contributed by atoms with van der Waals surface area (Å²) < 4.78 is 27.3. The first kappa shape index (κ1) is 27.5. The summed E-state index contributed by atoms with van der Waals surface area (Å²) >= 11 is 0. The van der Waals surface area contributed by atoms with Crippen LogP contribution in [0.4, 0.5) is 0 Å². The number of sulfonamides is 1. The molecule has 1 aliphatic rings. The van der Waals surface area contributed by atoms with Gasteiger partial charge in [-0.3, -0.25) is 14.6 Å². The van der Waals surface area contributed by atoms with Crippen molar-refractivity contribution in [3.8, 4) is 0 Å². The fourth-order valence-corrected chi connectivity index (χ4v) is 5.59. The number of nitrogens with zero attached hydrogens (tertiary/aromatic N) is 3. The first-order valence-electron chi connectivity index (χ1n) is 11.9. The second-order valence-electron chi connectivity index (χ2n) is 9.40. The summed E-state index contributed by atoms with van der Waals surface area (Å²) in [5, 5.41) is 27.9. The van der Waals surface area contributed by atoms with Crippen LogP contribution in [0.5, 0.6) is 0 Å². The highest BCUT2D eigenvalue weighted by molar-refractivity contribution is 7.88. The van der Waals surface area contributed by atoms with Crippen molar-refractivity contribution < 1.29 is 27.8 Å². The van der Waals surface area contributed by atoms with Crippen LogP contribution < -0.4 is 15.4 Å². The average Bonchev–Trinajstić information content (AvgIpc) is 3.00. The summed E-state index contributed by atoms with van der Waals surface area (Å²) in [6.45, 7) is 5.47. The number of rotatable bonds is 8. The number of β-amino-alcohol motifs (C(OH)–C–C–N with tert-alkyl or cyclic N) is 1. The fourth-order valence-electron chi connectivity index (χ4n) is 4.07. The summed E-state index contributed by atoms with van der Waals surface area (Å²) in [4.78, 5) is 30.0. The minimum atomic E-state index is -4.13. The predicted molar refractivity (Wildman–Crippen MR) is 131 cm³/mol. The molecule has 3 N–H and O–H groups in total. The number of aryl methyl sites for hydroxylation is 1. The van der Waals surface area contributed by atoms with Gasteiger partial charge in [0.25, 0.3) is 5.91 Å². The van der Waals surface area contributed by atoms with Gasteiger partial charge >= 0.3 is 15.0 Å². The molecule has 3 atom stereocenters. The van der Waals surface area contributed by atoms with Crippen LogP contribution >= 0.6 is 0 Å². The van der Waals surface area contributed by atoms with Crippen molar-refractivity contribution in [1.29, 1.82) is 0 Å². The molecule has 1 saturated heterocycles. The molecule has 36 heavy (non-hydrogen) atoms. The van der Waals surface area contributed by atoms with Gasteiger partial charge < -0.3 is 20.9 Å². The molecule has 0 saturated carbocycles. The van der Waals surface area contributed by atoms with E-state index in [2.05, 4.69) is 15.6 Å². The third-order valence-electron chi connectivity index (χ3n) is 6.00. The van der Waals surface area contributed by atoms with Gasteiger partial charge in [-0.25, -0.2) is 8.42 Å². The maximum absolute atomic E-state index is 13.1. The predicted octanol–water partition coefficient (Wildman–Crippen LogP) is 0.498. The standard InChI is InChI=1S/C24H33N5O6S/c1-16(2)13-20(27-23(31)18-10-9-17(3)25-14-18)24(32)26-19-7-6-11-28(15-21(19)30)36(34,35)22-8-4-5-12-29(22)33/h4-5,8-10,12,14,16,19-21,30H,6-7,11,13,15H2,1-3H3,(H,26,32)(H,27,31)/t19?,20?,21-/m0/s1. The van der Waals surface area contributed by atoms with Gasteiger partial charge in [0.1, 0.15) is 6.04 Å². The molecule has 12 heteroatoms. The van der Waals surface area contributed by atoms with E-state index in [0.29, 0.717) is 24.8 Å². The Bertz CT molecular complexity index is 1170. The van der Waals surface area contributed by atoms with Crippen molar-refractivity contribution in [3.63, 3.8) is 0 Å². The highest BCUT2D eigenvalue weighted by atomic mass is 32.2. The highest BCUT2D eigenvalue weighted by Gasteiger charge is 2.37. The zero-order valence-corrected chi connectivity index (χ0v) is 21.4. The minimum absolute atomic E-state index is 0.0905. The zero-order valence-electron chi connectivity index (χ0n) is 20.6. The summed E-state index contributed by atoms with van der Waals surface area (Å²) in [5.74, 6) is -0.796. The molecule has 2 aromatic rings. The molecule has 11 nitrogen and oxygen atoms in total. The highest BCUT2D eigenvalue weighted by Crippen LogP contribution is 2.19. The Morgan fingerprint density at radius 3 is 2.67 bits per heavy atom. The normalized spacial score (nSPS) is 19.9. The van der Waals surface area contributed by atoms with Crippen LogP contribution in [0, 0.1) is 18.0 Å². The van der Waals surface area contributed by atoms with E-state index in [1.165, 1.54) is 24.4 Å². The van der Waals surface area contributed by atoms with Crippen LogP contribution in [0.25, 0.3) is 0 Å². The number of nitrogens with one attached hydrogen (secondary N) is 2. The Morgan fingerprint density at radius 2 is 2.03 bits per heavy atom. The molecule has 0 spiro atoms. The quantitative estimate of drug-likeness (QED) is 0.339. The number of aliphatic hydroxyl groups is 1. The van der Waals surface area contributed by atoms with Crippen molar-refractivity contribution in [2.45, 2.75) is 63.2 Å². The van der Waals surface area contributed by atoms with Crippen LogP contribution in [0.2, 0.25) is 0 Å². The topological polar surface area (TPSA) is 156 Å². The molecule has 1 aliphatic heterocycles. The van der Waals surface area contributed by atoms with E-state index in [4.69, 9.17) is 0 Å². The number of pyridine rings is 2. The molecule has 0 bridgehead atoms. The third-order valence-corrected chi connectivity index (χ3v) is 7.86. The first-order chi connectivity index (χ1) is 17.0. The molecule has 2 amide bonds. The largest absolute Gasteiger partial charge is 0.618 e. The molecule has 2 aromatic heterocycles. The molecule has 0 radical (unpaired) electrons.